The van der Waals surface area contributed by atoms with Gasteiger partial charge in [-0.25, -0.2) is 0 Å². The van der Waals surface area contributed by atoms with Gasteiger partial charge < -0.3 is 10.1 Å². The predicted molar refractivity (Wildman–Crippen MR) is 61.6 cm³/mol. The molecule has 0 amide bonds. The van der Waals surface area contributed by atoms with E-state index in [0.29, 0.717) is 10.9 Å². The lowest BCUT2D eigenvalue weighted by Crippen LogP contribution is -2.29. The van der Waals surface area contributed by atoms with E-state index in [1.54, 1.807) is 0 Å². The van der Waals surface area contributed by atoms with Crippen molar-refractivity contribution in [2.24, 2.45) is 0 Å². The molecule has 0 aromatic heterocycles. The number of hydrogen-bond donors (Lipinski definition) is 1. The Balaban J connectivity index is 3.12. The number of rotatable bonds is 8. The van der Waals surface area contributed by atoms with Gasteiger partial charge in [0.25, 0.3) is 0 Å². The molecule has 2 atom stereocenters. The molecule has 0 saturated carbocycles. The summed E-state index contributed by atoms with van der Waals surface area (Å²) >= 11 is 3.54. The van der Waals surface area contributed by atoms with Crippen LogP contribution in [0.4, 0.5) is 0 Å². The highest BCUT2D eigenvalue weighted by Crippen LogP contribution is 2.06. The lowest BCUT2D eigenvalue weighted by Gasteiger charge is -2.14. The van der Waals surface area contributed by atoms with Crippen LogP contribution in [0.1, 0.15) is 33.6 Å². The monoisotopic (exact) mass is 251 g/mol. The Bertz CT molecular complexity index is 109. The topological polar surface area (TPSA) is 21.3 Å². The fourth-order valence-corrected chi connectivity index (χ4v) is 1.80. The second-order valence-electron chi connectivity index (χ2n) is 3.42. The Kier molecular flexibility index (Phi) is 9.25. The highest BCUT2D eigenvalue weighted by atomic mass is 79.9. The summed E-state index contributed by atoms with van der Waals surface area (Å²) < 4.78 is 5.25. The third-order valence-electron chi connectivity index (χ3n) is 1.84. The quantitative estimate of drug-likeness (QED) is 0.529. The summed E-state index contributed by atoms with van der Waals surface area (Å²) in [4.78, 5) is 0.599. The highest BCUT2D eigenvalue weighted by molar-refractivity contribution is 9.09. The van der Waals surface area contributed by atoms with Gasteiger partial charge in [-0.3, -0.25) is 0 Å². The zero-order chi connectivity index (χ0) is 10.1. The summed E-state index contributed by atoms with van der Waals surface area (Å²) in [5, 5.41) is 3.46. The molecule has 2 nitrogen and oxygen atoms in total. The molecule has 2 unspecified atom stereocenters. The number of nitrogens with one attached hydrogen (secondary N) is 1. The van der Waals surface area contributed by atoms with Crippen LogP contribution in [-0.4, -0.2) is 30.6 Å². The summed E-state index contributed by atoms with van der Waals surface area (Å²) in [6, 6.07) is 0.594. The Morgan fingerprint density at radius 3 is 2.62 bits per heavy atom. The second-order valence-corrected chi connectivity index (χ2v) is 4.99. The van der Waals surface area contributed by atoms with Gasteiger partial charge in [0.1, 0.15) is 0 Å². The zero-order valence-electron chi connectivity index (χ0n) is 8.98. The van der Waals surface area contributed by atoms with Crippen molar-refractivity contribution in [2.45, 2.75) is 44.5 Å². The molecule has 0 bridgehead atoms. The lowest BCUT2D eigenvalue weighted by molar-refractivity contribution is 0.144. The van der Waals surface area contributed by atoms with Crippen LogP contribution in [0.3, 0.4) is 0 Å². The summed E-state index contributed by atoms with van der Waals surface area (Å²) in [6.45, 7) is 9.19. The third-order valence-corrected chi connectivity index (χ3v) is 2.21. The van der Waals surface area contributed by atoms with Gasteiger partial charge in [-0.05, 0) is 33.2 Å². The van der Waals surface area contributed by atoms with E-state index in [4.69, 9.17) is 4.74 Å². The van der Waals surface area contributed by atoms with Crippen molar-refractivity contribution in [1.82, 2.24) is 5.32 Å². The predicted octanol–water partition coefficient (Wildman–Crippen LogP) is 2.56. The molecule has 0 aliphatic heterocycles. The Hall–Kier alpha value is 0.400. The van der Waals surface area contributed by atoms with E-state index < -0.39 is 0 Å². The minimum Gasteiger partial charge on any atom is -0.382 e. The van der Waals surface area contributed by atoms with Crippen LogP contribution in [-0.2, 0) is 4.74 Å². The van der Waals surface area contributed by atoms with Gasteiger partial charge in [0.2, 0.25) is 0 Å². The first-order valence-corrected chi connectivity index (χ1v) is 6.03. The maximum atomic E-state index is 5.25. The van der Waals surface area contributed by atoms with Crippen LogP contribution < -0.4 is 5.32 Å². The molecular weight excluding hydrogens is 230 g/mol. The SMILES string of the molecule is CCOCCCNC(C)CC(C)Br. The molecule has 1 N–H and O–H groups in total. The molecule has 13 heavy (non-hydrogen) atoms. The molecule has 0 spiro atoms. The molecule has 0 aromatic rings. The van der Waals surface area contributed by atoms with Gasteiger partial charge in [-0.15, -0.1) is 0 Å². The molecule has 0 aliphatic rings. The number of alkyl halides is 1. The molecule has 0 rings (SSSR count). The summed E-state index contributed by atoms with van der Waals surface area (Å²) in [5.41, 5.74) is 0. The molecule has 0 aliphatic carbocycles. The van der Waals surface area contributed by atoms with E-state index in [1.807, 2.05) is 6.92 Å². The van der Waals surface area contributed by atoms with Crippen LogP contribution in [0.25, 0.3) is 0 Å². The van der Waals surface area contributed by atoms with Crippen molar-refractivity contribution < 1.29 is 4.74 Å². The van der Waals surface area contributed by atoms with Crippen molar-refractivity contribution in [3.8, 4) is 0 Å². The van der Waals surface area contributed by atoms with Crippen molar-refractivity contribution in [1.29, 1.82) is 0 Å². The molecular formula is C10H22BrNO. The van der Waals surface area contributed by atoms with Crippen LogP contribution in [0.2, 0.25) is 0 Å². The molecule has 80 valence electrons. The van der Waals surface area contributed by atoms with Gasteiger partial charge in [0.05, 0.1) is 0 Å². The van der Waals surface area contributed by atoms with Crippen molar-refractivity contribution in [3.05, 3.63) is 0 Å². The summed E-state index contributed by atoms with van der Waals surface area (Å²) in [5.74, 6) is 0. The minimum absolute atomic E-state index is 0.594. The average Bonchev–Trinajstić information content (AvgIpc) is 2.02. The molecule has 3 heteroatoms. The Labute approximate surface area is 90.6 Å². The van der Waals surface area contributed by atoms with Gasteiger partial charge in [-0.2, -0.15) is 0 Å². The standard InChI is InChI=1S/C10H22BrNO/c1-4-13-7-5-6-12-10(3)8-9(2)11/h9-10,12H,4-8H2,1-3H3. The normalized spacial score (nSPS) is 15.7. The largest absolute Gasteiger partial charge is 0.382 e. The maximum Gasteiger partial charge on any atom is 0.0477 e. The molecule has 0 aromatic carbocycles. The smallest absolute Gasteiger partial charge is 0.0477 e. The fourth-order valence-electron chi connectivity index (χ4n) is 1.24. The molecule has 0 heterocycles. The summed E-state index contributed by atoms with van der Waals surface area (Å²) in [7, 11) is 0. The third kappa shape index (κ3) is 10.3. The van der Waals surface area contributed by atoms with Crippen LogP contribution in [0.15, 0.2) is 0 Å². The Morgan fingerprint density at radius 2 is 2.08 bits per heavy atom. The lowest BCUT2D eigenvalue weighted by atomic mass is 10.2. The first kappa shape index (κ1) is 13.4. The van der Waals surface area contributed by atoms with E-state index >= 15 is 0 Å². The number of halogens is 1. The van der Waals surface area contributed by atoms with Crippen molar-refractivity contribution in [2.75, 3.05) is 19.8 Å². The average molecular weight is 252 g/mol. The van der Waals surface area contributed by atoms with Crippen LogP contribution >= 0.6 is 15.9 Å². The van der Waals surface area contributed by atoms with Crippen molar-refractivity contribution >= 4 is 15.9 Å². The van der Waals surface area contributed by atoms with Gasteiger partial charge in [-0.1, -0.05) is 22.9 Å². The fraction of sp³-hybridized carbons (Fsp3) is 1.00. The first-order valence-electron chi connectivity index (χ1n) is 5.12. The molecule has 0 fully saturated rings. The van der Waals surface area contributed by atoms with E-state index in [0.717, 1.165) is 26.2 Å². The van der Waals surface area contributed by atoms with Crippen molar-refractivity contribution in [3.63, 3.8) is 0 Å². The van der Waals surface area contributed by atoms with Crippen LogP contribution in [0, 0.1) is 0 Å². The zero-order valence-corrected chi connectivity index (χ0v) is 10.6. The van der Waals surface area contributed by atoms with Gasteiger partial charge in [0, 0.05) is 24.1 Å². The molecule has 0 radical (unpaired) electrons. The summed E-state index contributed by atoms with van der Waals surface area (Å²) in [6.07, 6.45) is 2.28. The van der Waals surface area contributed by atoms with E-state index in [1.165, 1.54) is 6.42 Å². The highest BCUT2D eigenvalue weighted by Gasteiger charge is 2.03. The van der Waals surface area contributed by atoms with Gasteiger partial charge in [0.15, 0.2) is 0 Å². The Morgan fingerprint density at radius 1 is 1.38 bits per heavy atom. The maximum absolute atomic E-state index is 5.25. The molecule has 0 saturated heterocycles. The van der Waals surface area contributed by atoms with Gasteiger partial charge >= 0.3 is 0 Å². The van der Waals surface area contributed by atoms with E-state index in [-0.39, 0.29) is 0 Å². The second kappa shape index (κ2) is 8.97. The van der Waals surface area contributed by atoms with Crippen LogP contribution in [0.5, 0.6) is 0 Å². The van der Waals surface area contributed by atoms with E-state index in [2.05, 4.69) is 35.1 Å². The number of ether oxygens (including phenoxy) is 1. The first-order chi connectivity index (χ1) is 6.16. The van der Waals surface area contributed by atoms with E-state index in [9.17, 15) is 0 Å². The number of hydrogen-bond acceptors (Lipinski definition) is 2. The minimum atomic E-state index is 0.594.